The van der Waals surface area contributed by atoms with Gasteiger partial charge in [0.15, 0.2) is 0 Å². The molecule has 0 saturated carbocycles. The van der Waals surface area contributed by atoms with Gasteiger partial charge in [0.1, 0.15) is 11.6 Å². The van der Waals surface area contributed by atoms with Crippen LogP contribution in [0.15, 0.2) is 24.3 Å². The third kappa shape index (κ3) is 3.83. The van der Waals surface area contributed by atoms with E-state index < -0.39 is 0 Å². The Balaban J connectivity index is 1.25. The lowest BCUT2D eigenvalue weighted by molar-refractivity contribution is 0.267. The molecule has 0 radical (unpaired) electrons. The number of halogens is 1. The van der Waals surface area contributed by atoms with Crippen molar-refractivity contribution >= 4 is 23.3 Å². The number of thioether (sulfide) groups is 1. The molecule has 0 spiro atoms. The van der Waals surface area contributed by atoms with Gasteiger partial charge in [-0.05, 0) is 30.0 Å². The van der Waals surface area contributed by atoms with Crippen molar-refractivity contribution in [2.75, 3.05) is 55.2 Å². The van der Waals surface area contributed by atoms with Crippen LogP contribution in [-0.2, 0) is 19.2 Å². The lowest BCUT2D eigenvalue weighted by Crippen LogP contribution is -2.47. The molecule has 0 unspecified atom stereocenters. The second kappa shape index (κ2) is 7.88. The molecule has 2 aliphatic heterocycles. The van der Waals surface area contributed by atoms with E-state index in [1.165, 1.54) is 22.8 Å². The Morgan fingerprint density at radius 2 is 1.92 bits per heavy atom. The molecule has 1 aromatic carbocycles. The first-order chi connectivity index (χ1) is 12.7. The average molecular weight is 376 g/mol. The van der Waals surface area contributed by atoms with E-state index in [1.54, 1.807) is 12.1 Å². The first kappa shape index (κ1) is 17.7. The summed E-state index contributed by atoms with van der Waals surface area (Å²) < 4.78 is 15.1. The fourth-order valence-corrected chi connectivity index (χ4v) is 4.74. The minimum Gasteiger partial charge on any atom is -0.369 e. The van der Waals surface area contributed by atoms with Gasteiger partial charge in [0.2, 0.25) is 0 Å². The van der Waals surface area contributed by atoms with Gasteiger partial charge in [0.25, 0.3) is 0 Å². The van der Waals surface area contributed by atoms with Crippen molar-refractivity contribution in [3.8, 4) is 0 Å². The number of rotatable bonds is 5. The number of piperazine rings is 1. The number of aryl methyl sites for hydroxylation is 2. The number of aromatic nitrogens is 2. The highest BCUT2D eigenvalue weighted by Crippen LogP contribution is 2.29. The van der Waals surface area contributed by atoms with E-state index in [2.05, 4.69) is 20.2 Å². The number of benzene rings is 1. The Labute approximate surface area is 158 Å². The summed E-state index contributed by atoms with van der Waals surface area (Å²) in [4.78, 5) is 4.82. The molecule has 0 bridgehead atoms. The Morgan fingerprint density at radius 3 is 2.69 bits per heavy atom. The van der Waals surface area contributed by atoms with Crippen molar-refractivity contribution < 1.29 is 4.39 Å². The maximum atomic E-state index is 13.1. The van der Waals surface area contributed by atoms with Gasteiger partial charge in [0, 0.05) is 69.7 Å². The van der Waals surface area contributed by atoms with Crippen LogP contribution in [0.1, 0.15) is 11.3 Å². The third-order valence-corrected chi connectivity index (χ3v) is 6.23. The van der Waals surface area contributed by atoms with Gasteiger partial charge < -0.3 is 10.2 Å². The van der Waals surface area contributed by atoms with Gasteiger partial charge in [-0.15, -0.1) is 0 Å². The predicted molar refractivity (Wildman–Crippen MR) is 107 cm³/mol. The van der Waals surface area contributed by atoms with E-state index in [4.69, 9.17) is 0 Å². The Bertz CT molecular complexity index is 737. The molecule has 3 heterocycles. The van der Waals surface area contributed by atoms with E-state index in [1.807, 2.05) is 35.6 Å². The third-order valence-electron chi connectivity index (χ3n) is 5.24. The monoisotopic (exact) mass is 375 g/mol. The zero-order chi connectivity index (χ0) is 17.9. The minimum atomic E-state index is -0.172. The number of hydrogen-bond acceptors (Lipinski definition) is 5. The molecule has 4 rings (SSSR count). The van der Waals surface area contributed by atoms with Crippen molar-refractivity contribution in [2.45, 2.75) is 12.2 Å². The van der Waals surface area contributed by atoms with E-state index in [9.17, 15) is 4.39 Å². The van der Waals surface area contributed by atoms with Crippen molar-refractivity contribution in [2.24, 2.45) is 7.05 Å². The van der Waals surface area contributed by atoms with Gasteiger partial charge in [-0.3, -0.25) is 9.58 Å². The van der Waals surface area contributed by atoms with Crippen LogP contribution < -0.4 is 10.2 Å². The molecule has 1 aromatic heterocycles. The number of fused-ring (bicyclic) bond motifs is 1. The van der Waals surface area contributed by atoms with Crippen LogP contribution in [0.4, 0.5) is 15.9 Å². The number of nitrogens with one attached hydrogen (secondary N) is 1. The summed E-state index contributed by atoms with van der Waals surface area (Å²) in [5, 5.41) is 8.27. The summed E-state index contributed by atoms with van der Waals surface area (Å²) in [5.41, 5.74) is 3.77. The van der Waals surface area contributed by atoms with Gasteiger partial charge >= 0.3 is 0 Å². The van der Waals surface area contributed by atoms with Crippen molar-refractivity contribution in [1.82, 2.24) is 14.7 Å². The van der Waals surface area contributed by atoms with Gasteiger partial charge in [0.05, 0.1) is 5.69 Å². The second-order valence-electron chi connectivity index (χ2n) is 6.93. The molecular weight excluding hydrogens is 349 g/mol. The van der Waals surface area contributed by atoms with Crippen LogP contribution in [0.5, 0.6) is 0 Å². The minimum absolute atomic E-state index is 0.172. The average Bonchev–Trinajstić information content (AvgIpc) is 2.99. The predicted octanol–water partition coefficient (Wildman–Crippen LogP) is 2.58. The zero-order valence-electron chi connectivity index (χ0n) is 15.2. The highest BCUT2D eigenvalue weighted by molar-refractivity contribution is 7.98. The Morgan fingerprint density at radius 1 is 1.15 bits per heavy atom. The van der Waals surface area contributed by atoms with Gasteiger partial charge in [-0.2, -0.15) is 16.9 Å². The van der Waals surface area contributed by atoms with E-state index in [0.29, 0.717) is 0 Å². The summed E-state index contributed by atoms with van der Waals surface area (Å²) in [6.07, 6.45) is 1.08. The topological polar surface area (TPSA) is 36.3 Å². The standard InChI is InChI=1S/C19H26FN5S/c1-23-19(17-14-26-13-6-18(17)22-23)21-7-8-24-9-11-25(12-10-24)16-4-2-15(20)3-5-16/h2-5,21H,6-14H2,1H3. The molecule has 1 saturated heterocycles. The van der Waals surface area contributed by atoms with Crippen LogP contribution in [0.2, 0.25) is 0 Å². The summed E-state index contributed by atoms with van der Waals surface area (Å²) in [7, 11) is 2.03. The van der Waals surface area contributed by atoms with Crippen molar-refractivity contribution in [3.05, 3.63) is 41.3 Å². The first-order valence-electron chi connectivity index (χ1n) is 9.30. The first-order valence-corrected chi connectivity index (χ1v) is 10.5. The lowest BCUT2D eigenvalue weighted by atomic mass is 10.2. The molecule has 2 aromatic rings. The molecule has 0 amide bonds. The largest absolute Gasteiger partial charge is 0.369 e. The van der Waals surface area contributed by atoms with Crippen LogP contribution in [-0.4, -0.2) is 59.7 Å². The van der Waals surface area contributed by atoms with Gasteiger partial charge in [-0.1, -0.05) is 0 Å². The number of hydrogen-bond donors (Lipinski definition) is 1. The highest BCUT2D eigenvalue weighted by atomic mass is 32.2. The van der Waals surface area contributed by atoms with Crippen LogP contribution in [0.3, 0.4) is 0 Å². The molecule has 5 nitrogen and oxygen atoms in total. The lowest BCUT2D eigenvalue weighted by Gasteiger charge is -2.36. The van der Waals surface area contributed by atoms with Crippen LogP contribution >= 0.6 is 11.8 Å². The maximum absolute atomic E-state index is 13.1. The SMILES string of the molecule is Cn1nc2c(c1NCCN1CCN(c3ccc(F)cc3)CC1)CSCC2. The molecular formula is C19H26FN5S. The van der Waals surface area contributed by atoms with E-state index >= 15 is 0 Å². The summed E-state index contributed by atoms with van der Waals surface area (Å²) in [6, 6.07) is 6.82. The highest BCUT2D eigenvalue weighted by Gasteiger charge is 2.20. The fraction of sp³-hybridized carbons (Fsp3) is 0.526. The Kier molecular flexibility index (Phi) is 5.36. The maximum Gasteiger partial charge on any atom is 0.128 e. The number of nitrogens with zero attached hydrogens (tertiary/aromatic N) is 4. The van der Waals surface area contributed by atoms with Crippen LogP contribution in [0, 0.1) is 5.82 Å². The van der Waals surface area contributed by atoms with Crippen molar-refractivity contribution in [3.63, 3.8) is 0 Å². The quantitative estimate of drug-likeness (QED) is 0.869. The summed E-state index contributed by atoms with van der Waals surface area (Å²) in [5.74, 6) is 3.27. The molecule has 2 aliphatic rings. The molecule has 1 N–H and O–H groups in total. The zero-order valence-corrected chi connectivity index (χ0v) is 16.1. The second-order valence-corrected chi connectivity index (χ2v) is 8.04. The summed E-state index contributed by atoms with van der Waals surface area (Å²) >= 11 is 1.99. The molecule has 26 heavy (non-hydrogen) atoms. The van der Waals surface area contributed by atoms with Crippen LogP contribution in [0.25, 0.3) is 0 Å². The number of anilines is 2. The molecule has 1 fully saturated rings. The molecule has 0 atom stereocenters. The molecule has 0 aliphatic carbocycles. The molecule has 140 valence electrons. The smallest absolute Gasteiger partial charge is 0.128 e. The summed E-state index contributed by atoms with van der Waals surface area (Å²) in [6.45, 7) is 6.03. The van der Waals surface area contributed by atoms with E-state index in [-0.39, 0.29) is 5.82 Å². The molecule has 7 heteroatoms. The van der Waals surface area contributed by atoms with Crippen molar-refractivity contribution in [1.29, 1.82) is 0 Å². The van der Waals surface area contributed by atoms with Gasteiger partial charge in [-0.25, -0.2) is 4.39 Å². The fourth-order valence-electron chi connectivity index (χ4n) is 3.75. The Hall–Kier alpha value is -1.73. The normalized spacial score (nSPS) is 18.0. The van der Waals surface area contributed by atoms with E-state index in [0.717, 1.165) is 57.1 Å².